The second-order valence-corrected chi connectivity index (χ2v) is 7.42. The van der Waals surface area contributed by atoms with E-state index >= 15 is 0 Å². The molecule has 0 bridgehead atoms. The van der Waals surface area contributed by atoms with Gasteiger partial charge in [-0.05, 0) is 25.3 Å². The van der Waals surface area contributed by atoms with Crippen molar-refractivity contribution in [2.75, 3.05) is 37.7 Å². The minimum absolute atomic E-state index is 0.0477. The van der Waals surface area contributed by atoms with Crippen molar-refractivity contribution in [2.45, 2.75) is 32.3 Å². The molecule has 2 aromatic rings. The third-order valence-electron chi connectivity index (χ3n) is 4.91. The summed E-state index contributed by atoms with van der Waals surface area (Å²) in [5.41, 5.74) is 3.47. The molecule has 2 saturated heterocycles. The van der Waals surface area contributed by atoms with Gasteiger partial charge in [0.15, 0.2) is 0 Å². The SMILES string of the molecule is CCc1ncsc1C(=O)N1CCOC(c2ccnc(N3CCCC3)n2)C1. The van der Waals surface area contributed by atoms with Crippen LogP contribution in [-0.4, -0.2) is 58.5 Å². The Labute approximate surface area is 157 Å². The van der Waals surface area contributed by atoms with E-state index in [1.807, 2.05) is 17.9 Å². The number of morpholine rings is 1. The Hall–Kier alpha value is -2.06. The van der Waals surface area contributed by atoms with Crippen LogP contribution in [-0.2, 0) is 11.2 Å². The van der Waals surface area contributed by atoms with Crippen molar-refractivity contribution in [2.24, 2.45) is 0 Å². The van der Waals surface area contributed by atoms with Gasteiger partial charge in [0.1, 0.15) is 11.0 Å². The van der Waals surface area contributed by atoms with E-state index in [0.29, 0.717) is 19.7 Å². The van der Waals surface area contributed by atoms with Gasteiger partial charge in [0.2, 0.25) is 5.95 Å². The molecule has 2 aliphatic rings. The van der Waals surface area contributed by atoms with Gasteiger partial charge in [-0.25, -0.2) is 15.0 Å². The lowest BCUT2D eigenvalue weighted by Crippen LogP contribution is -2.42. The van der Waals surface area contributed by atoms with Crippen molar-refractivity contribution in [3.8, 4) is 0 Å². The van der Waals surface area contributed by atoms with E-state index in [4.69, 9.17) is 9.72 Å². The molecular formula is C18H23N5O2S. The smallest absolute Gasteiger partial charge is 0.266 e. The number of rotatable bonds is 4. The highest BCUT2D eigenvalue weighted by Gasteiger charge is 2.29. The molecule has 0 aromatic carbocycles. The average Bonchev–Trinajstić information content (AvgIpc) is 3.39. The molecule has 7 nitrogen and oxygen atoms in total. The summed E-state index contributed by atoms with van der Waals surface area (Å²) >= 11 is 1.42. The maximum Gasteiger partial charge on any atom is 0.266 e. The number of hydrogen-bond acceptors (Lipinski definition) is 7. The Morgan fingerprint density at radius 2 is 2.15 bits per heavy atom. The number of amides is 1. The van der Waals surface area contributed by atoms with Crippen LogP contribution in [0.3, 0.4) is 0 Å². The quantitative estimate of drug-likeness (QED) is 0.819. The minimum Gasteiger partial charge on any atom is -0.368 e. The van der Waals surface area contributed by atoms with Crippen molar-refractivity contribution < 1.29 is 9.53 Å². The fourth-order valence-corrected chi connectivity index (χ4v) is 4.31. The molecule has 2 aromatic heterocycles. The van der Waals surface area contributed by atoms with Crippen molar-refractivity contribution in [1.29, 1.82) is 0 Å². The Kier molecular flexibility index (Phi) is 5.12. The first-order valence-electron chi connectivity index (χ1n) is 9.17. The second-order valence-electron chi connectivity index (χ2n) is 6.57. The predicted molar refractivity (Wildman–Crippen MR) is 99.6 cm³/mol. The molecule has 26 heavy (non-hydrogen) atoms. The van der Waals surface area contributed by atoms with Gasteiger partial charge in [-0.2, -0.15) is 0 Å². The highest BCUT2D eigenvalue weighted by Crippen LogP contribution is 2.25. The maximum atomic E-state index is 12.9. The number of ether oxygens (including phenoxy) is 1. The van der Waals surface area contributed by atoms with Gasteiger partial charge in [-0.15, -0.1) is 11.3 Å². The molecule has 0 N–H and O–H groups in total. The lowest BCUT2D eigenvalue weighted by atomic mass is 10.2. The van der Waals surface area contributed by atoms with Crippen LogP contribution in [0.25, 0.3) is 0 Å². The van der Waals surface area contributed by atoms with E-state index in [1.54, 1.807) is 11.7 Å². The van der Waals surface area contributed by atoms with Crippen molar-refractivity contribution in [3.05, 3.63) is 34.0 Å². The number of thiazole rings is 1. The molecule has 0 aliphatic carbocycles. The summed E-state index contributed by atoms with van der Waals surface area (Å²) in [5.74, 6) is 0.814. The van der Waals surface area contributed by atoms with Gasteiger partial charge < -0.3 is 14.5 Å². The van der Waals surface area contributed by atoms with Gasteiger partial charge in [0.05, 0.1) is 30.1 Å². The van der Waals surface area contributed by atoms with E-state index < -0.39 is 0 Å². The summed E-state index contributed by atoms with van der Waals surface area (Å²) in [6, 6.07) is 1.89. The van der Waals surface area contributed by atoms with Crippen LogP contribution in [0.2, 0.25) is 0 Å². The lowest BCUT2D eigenvalue weighted by Gasteiger charge is -2.32. The van der Waals surface area contributed by atoms with Crippen LogP contribution in [0.1, 0.15) is 46.9 Å². The van der Waals surface area contributed by atoms with Gasteiger partial charge in [-0.3, -0.25) is 4.79 Å². The van der Waals surface area contributed by atoms with E-state index in [9.17, 15) is 4.79 Å². The maximum absolute atomic E-state index is 12.9. The number of hydrogen-bond donors (Lipinski definition) is 0. The molecule has 1 amide bonds. The highest BCUT2D eigenvalue weighted by atomic mass is 32.1. The molecule has 0 radical (unpaired) electrons. The standard InChI is InChI=1S/C18H23N5O2S/c1-2-13-16(26-12-20-13)17(24)23-9-10-25-15(11-23)14-5-6-19-18(21-14)22-7-3-4-8-22/h5-6,12,15H,2-4,7-11H2,1H3. The Balaban J connectivity index is 1.50. The Morgan fingerprint density at radius 1 is 1.31 bits per heavy atom. The summed E-state index contributed by atoms with van der Waals surface area (Å²) in [6.45, 7) is 5.65. The van der Waals surface area contributed by atoms with Crippen LogP contribution in [0, 0.1) is 0 Å². The van der Waals surface area contributed by atoms with E-state index in [0.717, 1.165) is 41.7 Å². The van der Waals surface area contributed by atoms with Crippen LogP contribution in [0.15, 0.2) is 17.8 Å². The Bertz CT molecular complexity index is 774. The number of anilines is 1. The fraction of sp³-hybridized carbons (Fsp3) is 0.556. The molecule has 4 heterocycles. The van der Waals surface area contributed by atoms with Crippen molar-refractivity contribution in [1.82, 2.24) is 19.9 Å². The summed E-state index contributed by atoms with van der Waals surface area (Å²) in [7, 11) is 0. The predicted octanol–water partition coefficient (Wildman–Crippen LogP) is 2.31. The summed E-state index contributed by atoms with van der Waals surface area (Å²) in [4.78, 5) is 31.1. The third kappa shape index (κ3) is 3.43. The molecule has 0 spiro atoms. The number of aryl methyl sites for hydroxylation is 1. The first kappa shape index (κ1) is 17.4. The summed E-state index contributed by atoms with van der Waals surface area (Å²) in [5, 5.41) is 0. The molecule has 8 heteroatoms. The molecule has 138 valence electrons. The van der Waals surface area contributed by atoms with E-state index in [1.165, 1.54) is 24.2 Å². The molecule has 1 atom stereocenters. The lowest BCUT2D eigenvalue weighted by molar-refractivity contribution is -0.0246. The van der Waals surface area contributed by atoms with Crippen LogP contribution < -0.4 is 4.90 Å². The van der Waals surface area contributed by atoms with E-state index in [2.05, 4.69) is 14.9 Å². The van der Waals surface area contributed by atoms with Gasteiger partial charge in [-0.1, -0.05) is 6.92 Å². The van der Waals surface area contributed by atoms with Gasteiger partial charge >= 0.3 is 0 Å². The zero-order chi connectivity index (χ0) is 17.9. The van der Waals surface area contributed by atoms with Gasteiger partial charge in [0.25, 0.3) is 5.91 Å². The molecule has 1 unspecified atom stereocenters. The molecule has 0 saturated carbocycles. The summed E-state index contributed by atoms with van der Waals surface area (Å²) < 4.78 is 5.92. The van der Waals surface area contributed by atoms with Crippen LogP contribution in [0.4, 0.5) is 5.95 Å². The van der Waals surface area contributed by atoms with Crippen LogP contribution >= 0.6 is 11.3 Å². The fourth-order valence-electron chi connectivity index (χ4n) is 3.46. The largest absolute Gasteiger partial charge is 0.368 e. The summed E-state index contributed by atoms with van der Waals surface area (Å²) in [6.07, 6.45) is 4.71. The zero-order valence-electron chi connectivity index (χ0n) is 14.9. The first-order chi connectivity index (χ1) is 12.8. The first-order valence-corrected chi connectivity index (χ1v) is 10.1. The molecule has 2 aliphatic heterocycles. The molecule has 2 fully saturated rings. The normalized spacial score (nSPS) is 20.6. The third-order valence-corrected chi connectivity index (χ3v) is 5.76. The van der Waals surface area contributed by atoms with Gasteiger partial charge in [0, 0.05) is 25.8 Å². The monoisotopic (exact) mass is 373 g/mol. The van der Waals surface area contributed by atoms with Crippen LogP contribution in [0.5, 0.6) is 0 Å². The zero-order valence-corrected chi connectivity index (χ0v) is 15.7. The van der Waals surface area contributed by atoms with E-state index in [-0.39, 0.29) is 12.0 Å². The number of nitrogens with zero attached hydrogens (tertiary/aromatic N) is 5. The molecule has 4 rings (SSSR count). The number of aromatic nitrogens is 3. The minimum atomic E-state index is -0.213. The number of carbonyl (C=O) groups is 1. The second kappa shape index (κ2) is 7.67. The Morgan fingerprint density at radius 3 is 2.96 bits per heavy atom. The number of carbonyl (C=O) groups excluding carboxylic acids is 1. The molecular weight excluding hydrogens is 350 g/mol. The topological polar surface area (TPSA) is 71.5 Å². The van der Waals surface area contributed by atoms with Crippen molar-refractivity contribution in [3.63, 3.8) is 0 Å². The highest BCUT2D eigenvalue weighted by molar-refractivity contribution is 7.11. The average molecular weight is 373 g/mol. The van der Waals surface area contributed by atoms with Crippen molar-refractivity contribution >= 4 is 23.2 Å².